The number of benzene rings is 2. The zero-order chi connectivity index (χ0) is 36.4. The average Bonchev–Trinajstić information content (AvgIpc) is 3.43. The first-order valence-corrected chi connectivity index (χ1v) is 14.4. The highest BCUT2D eigenvalue weighted by Gasteiger charge is 2.49. The summed E-state index contributed by atoms with van der Waals surface area (Å²) in [5, 5.41) is 15.8. The van der Waals surface area contributed by atoms with Gasteiger partial charge in [0, 0.05) is 23.3 Å². The zero-order valence-electron chi connectivity index (χ0n) is 24.8. The standard InChI is InChI=1S/C17H15F3N2O3.C11H13NO3S.C2HF3O2/c18-17(19,20)13-6-1-2-7-14(13)22(10-15(23)24)16(25)12-5-3-4-11(8-12)9-21;1-15-11(14)8-6-4-2-3-5-7(6)16-9(8)10(12)13;3-2(4,5)1(6)7/h1-8H,9-10,21H2,(H,23,24);2-9H,1H3,(H2,12,13);(H,6,7). The Morgan fingerprint density at radius 2 is 1.54 bits per heavy atom. The summed E-state index contributed by atoms with van der Waals surface area (Å²) in [6.45, 7) is -0.766. The highest BCUT2D eigenvalue weighted by molar-refractivity contribution is 8.01. The fraction of sp³-hybridized carbons (Fsp3) is 0.300. The van der Waals surface area contributed by atoms with Gasteiger partial charge in [0.1, 0.15) is 6.54 Å². The first-order valence-electron chi connectivity index (χ1n) is 13.5. The number of nitrogens with two attached hydrogens (primary N) is 2. The number of hydrogen-bond donors (Lipinski definition) is 4. The molecule has 4 unspecified atom stereocenters. The third-order valence-electron chi connectivity index (χ3n) is 6.61. The third-order valence-corrected chi connectivity index (χ3v) is 8.22. The van der Waals surface area contributed by atoms with Crippen molar-refractivity contribution in [1.82, 2.24) is 0 Å². The van der Waals surface area contributed by atoms with E-state index in [0.717, 1.165) is 12.1 Å². The van der Waals surface area contributed by atoms with Crippen LogP contribution in [0.25, 0.3) is 0 Å². The molecule has 0 spiro atoms. The fourth-order valence-electron chi connectivity index (χ4n) is 4.52. The topological polar surface area (TPSA) is 190 Å². The molecule has 0 saturated carbocycles. The van der Waals surface area contributed by atoms with Gasteiger partial charge in [0.2, 0.25) is 5.91 Å². The molecule has 18 heteroatoms. The maximum absolute atomic E-state index is 13.2. The molecule has 11 nitrogen and oxygen atoms in total. The number of hydrogen-bond acceptors (Lipinski definition) is 8. The number of aliphatic carboxylic acids is 2. The number of carboxylic acids is 2. The Morgan fingerprint density at radius 1 is 0.938 bits per heavy atom. The number of esters is 1. The lowest BCUT2D eigenvalue weighted by atomic mass is 9.84. The predicted octanol–water partition coefficient (Wildman–Crippen LogP) is 4.02. The van der Waals surface area contributed by atoms with Gasteiger partial charge in [0.15, 0.2) is 0 Å². The molecule has 48 heavy (non-hydrogen) atoms. The quantitative estimate of drug-likeness (QED) is 0.242. The van der Waals surface area contributed by atoms with Crippen molar-refractivity contribution in [3.63, 3.8) is 0 Å². The molecular formula is C30H29F6N3O8S. The highest BCUT2D eigenvalue weighted by Crippen LogP contribution is 2.46. The van der Waals surface area contributed by atoms with Gasteiger partial charge in [-0.2, -0.15) is 26.3 Å². The van der Waals surface area contributed by atoms with E-state index in [4.69, 9.17) is 31.2 Å². The number of thioether (sulfide) groups is 1. The minimum absolute atomic E-state index is 0.0138. The fourth-order valence-corrected chi connectivity index (χ4v) is 6.08. The van der Waals surface area contributed by atoms with Crippen LogP contribution >= 0.6 is 11.8 Å². The van der Waals surface area contributed by atoms with E-state index >= 15 is 0 Å². The van der Waals surface area contributed by atoms with Crippen LogP contribution in [-0.4, -0.2) is 70.3 Å². The van der Waals surface area contributed by atoms with E-state index in [1.165, 1.54) is 49.2 Å². The molecule has 0 aromatic heterocycles. The van der Waals surface area contributed by atoms with Crippen molar-refractivity contribution in [3.05, 3.63) is 89.5 Å². The van der Waals surface area contributed by atoms with Gasteiger partial charge in [-0.1, -0.05) is 48.6 Å². The number of methoxy groups -OCH3 is 1. The van der Waals surface area contributed by atoms with E-state index in [2.05, 4.69) is 0 Å². The summed E-state index contributed by atoms with van der Waals surface area (Å²) < 4.78 is 76.2. The Morgan fingerprint density at radius 3 is 2.06 bits per heavy atom. The van der Waals surface area contributed by atoms with Crippen molar-refractivity contribution in [2.45, 2.75) is 29.4 Å². The van der Waals surface area contributed by atoms with Gasteiger partial charge in [0.25, 0.3) is 5.91 Å². The molecule has 1 fully saturated rings. The summed E-state index contributed by atoms with van der Waals surface area (Å²) in [6.07, 6.45) is -2.06. The van der Waals surface area contributed by atoms with Crippen molar-refractivity contribution >= 4 is 47.2 Å². The molecule has 1 aliphatic heterocycles. The van der Waals surface area contributed by atoms with Crippen LogP contribution < -0.4 is 16.4 Å². The van der Waals surface area contributed by atoms with Crippen molar-refractivity contribution in [1.29, 1.82) is 0 Å². The van der Waals surface area contributed by atoms with Gasteiger partial charge < -0.3 is 26.4 Å². The Balaban J connectivity index is 0.000000295. The Hall–Kier alpha value is -4.84. The van der Waals surface area contributed by atoms with Gasteiger partial charge in [0.05, 0.1) is 29.5 Å². The molecule has 260 valence electrons. The number of carbonyl (C=O) groups excluding carboxylic acids is 3. The van der Waals surface area contributed by atoms with Crippen LogP contribution in [0, 0.1) is 11.8 Å². The van der Waals surface area contributed by atoms with E-state index in [9.17, 15) is 45.5 Å². The summed E-state index contributed by atoms with van der Waals surface area (Å²) in [6, 6.07) is 10.4. The molecule has 1 saturated heterocycles. The number of allylic oxidation sites excluding steroid dienone is 3. The second-order valence-corrected chi connectivity index (χ2v) is 11.2. The maximum Gasteiger partial charge on any atom is 0.490 e. The number of carboxylic acid groups (broad SMARTS) is 2. The lowest BCUT2D eigenvalue weighted by Crippen LogP contribution is -2.37. The van der Waals surface area contributed by atoms with Crippen LogP contribution in [0.2, 0.25) is 0 Å². The summed E-state index contributed by atoms with van der Waals surface area (Å²) >= 11 is 1.44. The van der Waals surface area contributed by atoms with Crippen molar-refractivity contribution in [2.24, 2.45) is 23.3 Å². The highest BCUT2D eigenvalue weighted by atomic mass is 32.2. The largest absolute Gasteiger partial charge is 0.490 e. The van der Waals surface area contributed by atoms with E-state index in [0.29, 0.717) is 10.5 Å². The van der Waals surface area contributed by atoms with Crippen LogP contribution in [0.4, 0.5) is 32.0 Å². The Kier molecular flexibility index (Phi) is 13.8. The molecule has 4 atom stereocenters. The molecule has 1 heterocycles. The predicted molar refractivity (Wildman–Crippen MR) is 160 cm³/mol. The monoisotopic (exact) mass is 705 g/mol. The summed E-state index contributed by atoms with van der Waals surface area (Å²) in [7, 11) is 1.33. The number of fused-ring (bicyclic) bond motifs is 1. The molecular weight excluding hydrogens is 676 g/mol. The average molecular weight is 706 g/mol. The molecule has 0 radical (unpaired) electrons. The van der Waals surface area contributed by atoms with Crippen LogP contribution in [0.5, 0.6) is 0 Å². The van der Waals surface area contributed by atoms with Crippen LogP contribution in [-0.2, 0) is 36.6 Å². The first-order chi connectivity index (χ1) is 22.3. The van der Waals surface area contributed by atoms with Gasteiger partial charge >= 0.3 is 30.3 Å². The maximum atomic E-state index is 13.2. The molecule has 0 bridgehead atoms. The number of amides is 2. The second kappa shape index (κ2) is 16.8. The number of halogens is 6. The molecule has 2 aromatic rings. The van der Waals surface area contributed by atoms with Crippen LogP contribution in [0.15, 0.2) is 72.8 Å². The van der Waals surface area contributed by atoms with Crippen molar-refractivity contribution in [2.75, 3.05) is 18.6 Å². The smallest absolute Gasteiger partial charge is 0.480 e. The molecule has 1 aliphatic carbocycles. The molecule has 2 aliphatic rings. The van der Waals surface area contributed by atoms with Gasteiger partial charge in [-0.15, -0.1) is 11.8 Å². The number of para-hydroxylation sites is 1. The van der Waals surface area contributed by atoms with Crippen LogP contribution in [0.1, 0.15) is 21.5 Å². The number of ether oxygens (including phenoxy) is 1. The molecule has 4 rings (SSSR count). The molecule has 6 N–H and O–H groups in total. The number of rotatable bonds is 7. The van der Waals surface area contributed by atoms with Crippen molar-refractivity contribution in [3.8, 4) is 0 Å². The second-order valence-electron chi connectivity index (χ2n) is 9.83. The van der Waals surface area contributed by atoms with Gasteiger partial charge in [-0.25, -0.2) is 4.79 Å². The summed E-state index contributed by atoms with van der Waals surface area (Å²) in [5.41, 5.74) is 9.88. The van der Waals surface area contributed by atoms with E-state index in [1.807, 2.05) is 24.3 Å². The molecule has 2 aromatic carbocycles. The lowest BCUT2D eigenvalue weighted by Gasteiger charge is -2.24. The molecule has 2 amide bonds. The number of primary amides is 1. The number of alkyl halides is 6. The van der Waals surface area contributed by atoms with Crippen molar-refractivity contribution < 1.29 is 65.3 Å². The number of nitrogens with zero attached hydrogens (tertiary/aromatic N) is 1. The third kappa shape index (κ3) is 10.6. The van der Waals surface area contributed by atoms with Crippen LogP contribution in [0.3, 0.4) is 0 Å². The minimum Gasteiger partial charge on any atom is -0.480 e. The van der Waals surface area contributed by atoms with Gasteiger partial charge in [-0.3, -0.25) is 24.1 Å². The Bertz CT molecular complexity index is 1560. The van der Waals surface area contributed by atoms with E-state index in [-0.39, 0.29) is 29.2 Å². The minimum atomic E-state index is -5.08. The first kappa shape index (κ1) is 39.3. The zero-order valence-corrected chi connectivity index (χ0v) is 25.6. The van der Waals surface area contributed by atoms with Gasteiger partial charge in [-0.05, 0) is 29.8 Å². The Labute approximate surface area is 273 Å². The SMILES string of the molecule is COC(=O)C1C(C(N)=O)SC2C=CC=CC21.NCc1cccc(C(=O)N(CC(=O)O)c2ccccc2C(F)(F)F)c1.O=C(O)C(F)(F)F. The number of carbonyl (C=O) groups is 5. The number of anilines is 1. The van der Waals surface area contributed by atoms with E-state index in [1.54, 1.807) is 6.07 Å². The summed E-state index contributed by atoms with van der Waals surface area (Å²) in [5.74, 6) is -6.29. The lowest BCUT2D eigenvalue weighted by molar-refractivity contribution is -0.192. The summed E-state index contributed by atoms with van der Waals surface area (Å²) in [4.78, 5) is 56.3. The van der Waals surface area contributed by atoms with E-state index < -0.39 is 65.1 Å². The normalized spacial score (nSPS) is 19.4.